The Bertz CT molecular complexity index is 729. The molecule has 1 atom stereocenters. The quantitative estimate of drug-likeness (QED) is 0.462. The molecule has 0 heterocycles. The molecule has 2 aromatic carbocycles. The van der Waals surface area contributed by atoms with E-state index in [9.17, 15) is 0 Å². The molecule has 1 unspecified atom stereocenters. The average Bonchev–Trinajstić information content (AvgIpc) is 3.06. The molecule has 0 aromatic heterocycles. The normalized spacial score (nSPS) is 19.7. The smallest absolute Gasteiger partial charge is 0.0239 e. The highest BCUT2D eigenvalue weighted by molar-refractivity contribution is 5.32. The lowest BCUT2D eigenvalue weighted by molar-refractivity contribution is 0.216. The van der Waals surface area contributed by atoms with Crippen molar-refractivity contribution >= 4 is 0 Å². The van der Waals surface area contributed by atoms with Crippen molar-refractivity contribution in [2.75, 3.05) is 0 Å². The van der Waals surface area contributed by atoms with Crippen LogP contribution in [0, 0.1) is 22.7 Å². The van der Waals surface area contributed by atoms with E-state index in [2.05, 4.69) is 90.1 Å². The average molecular weight is 363 g/mol. The lowest BCUT2D eigenvalue weighted by atomic mass is 9.71. The van der Waals surface area contributed by atoms with Crippen LogP contribution in [0.4, 0.5) is 0 Å². The molecule has 0 N–H and O–H groups in total. The molecule has 0 saturated heterocycles. The molecule has 0 bridgehead atoms. The Kier molecular flexibility index (Phi) is 5.84. The molecule has 2 aromatic rings. The fourth-order valence-electron chi connectivity index (χ4n) is 4.61. The Morgan fingerprint density at radius 1 is 0.556 bits per heavy atom. The molecule has 0 radical (unpaired) electrons. The SMILES string of the molecule is CC(C)(C)C1CCc2ccccc2C1.CC(C)(C)C1Cc2ccccc2C1. The van der Waals surface area contributed by atoms with Crippen molar-refractivity contribution in [2.24, 2.45) is 22.7 Å². The first-order chi connectivity index (χ1) is 12.6. The fourth-order valence-corrected chi connectivity index (χ4v) is 4.61. The van der Waals surface area contributed by atoms with E-state index < -0.39 is 0 Å². The molecule has 0 fully saturated rings. The standard InChI is InChI=1S/C14H20.C13H18/c1-14(2,3)13-9-8-11-6-4-5-7-12(11)10-13;1-13(2,3)12-8-10-6-4-5-7-11(10)9-12/h4-7,13H,8-10H2,1-3H3;4-7,12H,8-9H2,1-3H3. The molecule has 0 aliphatic heterocycles. The fraction of sp³-hybridized carbons (Fsp3) is 0.556. The molecule has 0 spiro atoms. The van der Waals surface area contributed by atoms with Gasteiger partial charge >= 0.3 is 0 Å². The zero-order chi connectivity index (χ0) is 19.7. The lowest BCUT2D eigenvalue weighted by Crippen LogP contribution is -2.26. The maximum absolute atomic E-state index is 2.37. The van der Waals surface area contributed by atoms with E-state index in [-0.39, 0.29) is 0 Å². The van der Waals surface area contributed by atoms with Crippen molar-refractivity contribution in [1.29, 1.82) is 0 Å². The van der Waals surface area contributed by atoms with Gasteiger partial charge in [0.15, 0.2) is 0 Å². The summed E-state index contributed by atoms with van der Waals surface area (Å²) in [5.41, 5.74) is 7.23. The van der Waals surface area contributed by atoms with Crippen molar-refractivity contribution in [1.82, 2.24) is 0 Å². The van der Waals surface area contributed by atoms with Crippen LogP contribution in [-0.2, 0) is 25.7 Å². The Morgan fingerprint density at radius 3 is 1.37 bits per heavy atom. The summed E-state index contributed by atoms with van der Waals surface area (Å²) in [6.45, 7) is 14.2. The summed E-state index contributed by atoms with van der Waals surface area (Å²) >= 11 is 0. The zero-order valence-electron chi connectivity index (χ0n) is 18.3. The van der Waals surface area contributed by atoms with Crippen LogP contribution in [0.2, 0.25) is 0 Å². The van der Waals surface area contributed by atoms with Crippen LogP contribution < -0.4 is 0 Å². The number of benzene rings is 2. The van der Waals surface area contributed by atoms with Gasteiger partial charge in [-0.25, -0.2) is 0 Å². The molecule has 4 rings (SSSR count). The largest absolute Gasteiger partial charge is 0.0620 e. The van der Waals surface area contributed by atoms with Crippen molar-refractivity contribution in [3.63, 3.8) is 0 Å². The molecule has 0 saturated carbocycles. The van der Waals surface area contributed by atoms with Gasteiger partial charge in [-0.3, -0.25) is 0 Å². The minimum atomic E-state index is 0.457. The van der Waals surface area contributed by atoms with Crippen LogP contribution in [-0.4, -0.2) is 0 Å². The van der Waals surface area contributed by atoms with Gasteiger partial charge in [0.25, 0.3) is 0 Å². The van der Waals surface area contributed by atoms with Gasteiger partial charge in [0.05, 0.1) is 0 Å². The predicted molar refractivity (Wildman–Crippen MR) is 118 cm³/mol. The second-order valence-corrected chi connectivity index (χ2v) is 10.8. The topological polar surface area (TPSA) is 0 Å². The van der Waals surface area contributed by atoms with Crippen LogP contribution in [0.25, 0.3) is 0 Å². The van der Waals surface area contributed by atoms with Crippen molar-refractivity contribution in [2.45, 2.75) is 73.6 Å². The highest BCUT2D eigenvalue weighted by Gasteiger charge is 2.30. The van der Waals surface area contributed by atoms with Gasteiger partial charge < -0.3 is 0 Å². The van der Waals surface area contributed by atoms with Crippen molar-refractivity contribution < 1.29 is 0 Å². The second-order valence-electron chi connectivity index (χ2n) is 10.8. The van der Waals surface area contributed by atoms with E-state index in [0.717, 1.165) is 11.8 Å². The Hall–Kier alpha value is -1.56. The maximum atomic E-state index is 2.37. The molecular weight excluding hydrogens is 324 g/mol. The summed E-state index contributed by atoms with van der Waals surface area (Å²) in [4.78, 5) is 0. The third-order valence-electron chi connectivity index (χ3n) is 6.85. The molecule has 2 aliphatic rings. The van der Waals surface area contributed by atoms with Crippen LogP contribution >= 0.6 is 0 Å². The van der Waals surface area contributed by atoms with Crippen LogP contribution in [0.5, 0.6) is 0 Å². The van der Waals surface area contributed by atoms with Crippen LogP contribution in [0.1, 0.15) is 70.2 Å². The maximum Gasteiger partial charge on any atom is -0.0239 e. The lowest BCUT2D eigenvalue weighted by Gasteiger charge is -2.34. The molecule has 0 heteroatoms. The van der Waals surface area contributed by atoms with E-state index in [4.69, 9.17) is 0 Å². The van der Waals surface area contributed by atoms with Gasteiger partial charge in [0, 0.05) is 0 Å². The van der Waals surface area contributed by atoms with Gasteiger partial charge in [0.2, 0.25) is 0 Å². The Morgan fingerprint density at radius 2 is 0.926 bits per heavy atom. The minimum Gasteiger partial charge on any atom is -0.0620 e. The summed E-state index contributed by atoms with van der Waals surface area (Å²) in [5, 5.41) is 0. The van der Waals surface area contributed by atoms with E-state index in [1.807, 2.05) is 0 Å². The molecule has 146 valence electrons. The van der Waals surface area contributed by atoms with Gasteiger partial charge in [-0.05, 0) is 77.0 Å². The van der Waals surface area contributed by atoms with Crippen molar-refractivity contribution in [3.8, 4) is 0 Å². The van der Waals surface area contributed by atoms with E-state index in [1.165, 1.54) is 32.1 Å². The number of hydrogen-bond donors (Lipinski definition) is 0. The van der Waals surface area contributed by atoms with E-state index >= 15 is 0 Å². The first-order valence-electron chi connectivity index (χ1n) is 10.8. The highest BCUT2D eigenvalue weighted by Crippen LogP contribution is 2.38. The van der Waals surface area contributed by atoms with Gasteiger partial charge in [-0.2, -0.15) is 0 Å². The molecule has 27 heavy (non-hydrogen) atoms. The summed E-state index contributed by atoms with van der Waals surface area (Å²) in [5.74, 6) is 1.70. The highest BCUT2D eigenvalue weighted by atomic mass is 14.4. The predicted octanol–water partition coefficient (Wildman–Crippen LogP) is 7.29. The van der Waals surface area contributed by atoms with E-state index in [1.54, 1.807) is 22.3 Å². The molecular formula is C27H38. The summed E-state index contributed by atoms with van der Waals surface area (Å²) in [6, 6.07) is 17.8. The van der Waals surface area contributed by atoms with Gasteiger partial charge in [-0.15, -0.1) is 0 Å². The Balaban J connectivity index is 0.000000156. The third-order valence-corrected chi connectivity index (χ3v) is 6.85. The third kappa shape index (κ3) is 5.03. The van der Waals surface area contributed by atoms with Crippen LogP contribution in [0.15, 0.2) is 48.5 Å². The first-order valence-corrected chi connectivity index (χ1v) is 10.8. The minimum absolute atomic E-state index is 0.457. The monoisotopic (exact) mass is 362 g/mol. The second kappa shape index (κ2) is 7.82. The zero-order valence-corrected chi connectivity index (χ0v) is 18.3. The number of aryl methyl sites for hydroxylation is 1. The number of fused-ring (bicyclic) bond motifs is 2. The summed E-state index contributed by atoms with van der Waals surface area (Å²) in [6.07, 6.45) is 6.47. The van der Waals surface area contributed by atoms with Crippen molar-refractivity contribution in [3.05, 3.63) is 70.8 Å². The molecule has 0 nitrogen and oxygen atoms in total. The Labute approximate surface area is 167 Å². The number of rotatable bonds is 0. The van der Waals surface area contributed by atoms with E-state index in [0.29, 0.717) is 10.8 Å². The van der Waals surface area contributed by atoms with Gasteiger partial charge in [-0.1, -0.05) is 90.1 Å². The van der Waals surface area contributed by atoms with Gasteiger partial charge in [0.1, 0.15) is 0 Å². The summed E-state index contributed by atoms with van der Waals surface area (Å²) in [7, 11) is 0. The summed E-state index contributed by atoms with van der Waals surface area (Å²) < 4.78 is 0. The molecule has 2 aliphatic carbocycles. The number of hydrogen-bond acceptors (Lipinski definition) is 0. The first kappa shape index (κ1) is 20.2. The van der Waals surface area contributed by atoms with Crippen LogP contribution in [0.3, 0.4) is 0 Å². The molecule has 0 amide bonds.